The summed E-state index contributed by atoms with van der Waals surface area (Å²) in [5.74, 6) is 0. The Hall–Kier alpha value is 1.41. The second kappa shape index (κ2) is 25.8. The molecule has 0 aliphatic carbocycles. The first kappa shape index (κ1) is 18.1. The van der Waals surface area contributed by atoms with Gasteiger partial charge in [0.25, 0.3) is 0 Å². The van der Waals surface area contributed by atoms with Crippen LogP contribution in [0.25, 0.3) is 0 Å². The Morgan fingerprint density at radius 3 is 1.00 bits per heavy atom. The number of carbonyl (C=O) groups excluding carboxylic acids is 1. The van der Waals surface area contributed by atoms with Crippen LogP contribution in [0.4, 0.5) is 0 Å². The summed E-state index contributed by atoms with van der Waals surface area (Å²) in [5, 5.41) is 0. The van der Waals surface area contributed by atoms with E-state index >= 15 is 0 Å². The van der Waals surface area contributed by atoms with Crippen LogP contribution in [0.2, 0.25) is 0 Å². The van der Waals surface area contributed by atoms with Crippen LogP contribution >= 0.6 is 0 Å². The van der Waals surface area contributed by atoms with Crippen LogP contribution in [0.5, 0.6) is 0 Å². The van der Waals surface area contributed by atoms with Crippen LogP contribution in [0.3, 0.4) is 0 Å². The van der Waals surface area contributed by atoms with E-state index in [1.54, 1.807) is 0 Å². The molecule has 0 saturated heterocycles. The minimum atomic E-state index is 0. The van der Waals surface area contributed by atoms with Gasteiger partial charge in [-0.25, -0.2) is 0 Å². The molecule has 0 aliphatic rings. The van der Waals surface area contributed by atoms with Crippen molar-refractivity contribution >= 4 is 58.5 Å². The Morgan fingerprint density at radius 2 is 1.00 bits per heavy atom. The third-order valence-corrected chi connectivity index (χ3v) is 0. The number of carbonyl (C=O) groups is 1. The molecule has 0 saturated carbocycles. The molecule has 0 heterocycles. The summed E-state index contributed by atoms with van der Waals surface area (Å²) in [5.41, 5.74) is 0. The first-order chi connectivity index (χ1) is 1.00. The second-order valence-electron chi connectivity index (χ2n) is 0. The number of hydrogen-bond acceptors (Lipinski definition) is 1. The molecule has 0 bridgehead atoms. The third kappa shape index (κ3) is 9.96. The standard InChI is InChI=1S/CH2O.2In.6H/c1-2;;;;;;;;/h1H2;;;;;;;;. The van der Waals surface area contributed by atoms with Gasteiger partial charge in [0.2, 0.25) is 0 Å². The zero-order valence-corrected chi connectivity index (χ0v) is 1.12. The Bertz CT molecular complexity index is 6.00. The normalized spacial score (nSPS) is 1.00. The van der Waals surface area contributed by atoms with Gasteiger partial charge in [-0.2, -0.15) is 0 Å². The Labute approximate surface area is 62.7 Å². The maximum absolute atomic E-state index is 8.00. The van der Waals surface area contributed by atoms with Gasteiger partial charge in [-0.3, -0.25) is 0 Å². The second-order valence-corrected chi connectivity index (χ2v) is 0. The van der Waals surface area contributed by atoms with Gasteiger partial charge in [0.1, 0.15) is 6.79 Å². The average molecular weight is 266 g/mol. The van der Waals surface area contributed by atoms with E-state index in [9.17, 15) is 0 Å². The summed E-state index contributed by atoms with van der Waals surface area (Å²) in [6.45, 7) is 2.00. The van der Waals surface area contributed by atoms with E-state index in [4.69, 9.17) is 4.79 Å². The summed E-state index contributed by atoms with van der Waals surface area (Å²) in [4.78, 5) is 8.00. The fraction of sp³-hybridized carbons (Fsp3) is 0. The molecule has 0 amide bonds. The van der Waals surface area contributed by atoms with Crippen molar-refractivity contribution in [3.63, 3.8) is 0 Å². The van der Waals surface area contributed by atoms with Crippen LogP contribution in [-0.2, 0) is 4.79 Å². The van der Waals surface area contributed by atoms with Crippen molar-refractivity contribution in [2.24, 2.45) is 0 Å². The van der Waals surface area contributed by atoms with Crippen molar-refractivity contribution < 1.29 is 4.79 Å². The molecule has 0 aromatic heterocycles. The van der Waals surface area contributed by atoms with Gasteiger partial charge in [0.05, 0.1) is 0 Å². The fourth-order valence-corrected chi connectivity index (χ4v) is 0. The predicted octanol–water partition coefficient (Wildman–Crippen LogP) is -2.55. The molecule has 4 heavy (non-hydrogen) atoms. The molecule has 24 valence electrons. The molecule has 3 heteroatoms. The average Bonchev–Trinajstić information content (AvgIpc) is 1.00. The van der Waals surface area contributed by atoms with Crippen molar-refractivity contribution in [3.05, 3.63) is 0 Å². The van der Waals surface area contributed by atoms with Gasteiger partial charge in [0.15, 0.2) is 0 Å². The van der Waals surface area contributed by atoms with Crippen molar-refractivity contribution in [2.75, 3.05) is 0 Å². The maximum atomic E-state index is 8.00. The van der Waals surface area contributed by atoms with E-state index in [1.807, 2.05) is 6.79 Å². The Kier molecular flexibility index (Phi) is 117. The zero-order valence-electron chi connectivity index (χ0n) is 1.12. The van der Waals surface area contributed by atoms with E-state index in [0.29, 0.717) is 0 Å². The predicted molar refractivity (Wildman–Crippen MR) is 27.0 cm³/mol. The van der Waals surface area contributed by atoms with Crippen molar-refractivity contribution in [1.29, 1.82) is 0 Å². The van der Waals surface area contributed by atoms with Gasteiger partial charge >= 0.3 is 51.7 Å². The van der Waals surface area contributed by atoms with E-state index < -0.39 is 0 Å². The topological polar surface area (TPSA) is 17.1 Å². The summed E-state index contributed by atoms with van der Waals surface area (Å²) in [7, 11) is 0. The fourth-order valence-electron chi connectivity index (χ4n) is 0. The summed E-state index contributed by atoms with van der Waals surface area (Å²) >= 11 is 0. The van der Waals surface area contributed by atoms with E-state index in [-0.39, 0.29) is 51.7 Å². The summed E-state index contributed by atoms with van der Waals surface area (Å²) in [6.07, 6.45) is 0. The molecule has 0 atom stereocenters. The van der Waals surface area contributed by atoms with Crippen LogP contribution in [0.1, 0.15) is 0 Å². The first-order valence-corrected chi connectivity index (χ1v) is 0.289. The van der Waals surface area contributed by atoms with Crippen LogP contribution in [-0.4, -0.2) is 58.5 Å². The van der Waals surface area contributed by atoms with Gasteiger partial charge in [-0.05, 0) is 0 Å². The number of rotatable bonds is 0. The van der Waals surface area contributed by atoms with Gasteiger partial charge in [-0.1, -0.05) is 0 Å². The quantitative estimate of drug-likeness (QED) is 0.471. The molecule has 0 unspecified atom stereocenters. The molecule has 1 nitrogen and oxygen atoms in total. The van der Waals surface area contributed by atoms with Crippen LogP contribution in [0.15, 0.2) is 0 Å². The molecule has 0 aromatic rings. The van der Waals surface area contributed by atoms with Crippen LogP contribution in [0, 0.1) is 0 Å². The van der Waals surface area contributed by atoms with Gasteiger partial charge in [0, 0.05) is 0 Å². The Balaban J connectivity index is -0.00000000500. The van der Waals surface area contributed by atoms with Gasteiger partial charge in [-0.15, -0.1) is 0 Å². The molecule has 0 aliphatic heterocycles. The number of hydrogen-bond donors (Lipinski definition) is 0. The molecule has 0 rings (SSSR count). The van der Waals surface area contributed by atoms with E-state index in [1.165, 1.54) is 0 Å². The van der Waals surface area contributed by atoms with Crippen molar-refractivity contribution in [1.82, 2.24) is 0 Å². The van der Waals surface area contributed by atoms with E-state index in [2.05, 4.69) is 0 Å². The van der Waals surface area contributed by atoms with Crippen LogP contribution < -0.4 is 0 Å². The molecule has 0 fully saturated rings. The van der Waals surface area contributed by atoms with Crippen molar-refractivity contribution in [2.45, 2.75) is 0 Å². The molecular formula is CH8In2O. The monoisotopic (exact) mass is 266 g/mol. The Morgan fingerprint density at radius 1 is 1.00 bits per heavy atom. The van der Waals surface area contributed by atoms with E-state index in [0.717, 1.165) is 0 Å². The summed E-state index contributed by atoms with van der Waals surface area (Å²) in [6, 6.07) is 0. The first-order valence-electron chi connectivity index (χ1n) is 0.289. The van der Waals surface area contributed by atoms with Crippen molar-refractivity contribution in [3.8, 4) is 0 Å². The van der Waals surface area contributed by atoms with Gasteiger partial charge < -0.3 is 4.79 Å². The zero-order chi connectivity index (χ0) is 2.00. The third-order valence-electron chi connectivity index (χ3n) is 0. The molecule has 0 spiro atoms. The molecule has 0 radical (unpaired) electrons. The molecule has 0 N–H and O–H groups in total. The molecule has 0 aromatic carbocycles. The SMILES string of the molecule is C=O.[InH3].[InH3]. The summed E-state index contributed by atoms with van der Waals surface area (Å²) < 4.78 is 0. The molecular weight excluding hydrogens is 258 g/mol. The minimum absolute atomic E-state index is 0.